The first kappa shape index (κ1) is 12.9. The fourth-order valence-corrected chi connectivity index (χ4v) is 2.38. The van der Waals surface area contributed by atoms with Gasteiger partial charge < -0.3 is 15.0 Å². The van der Waals surface area contributed by atoms with Crippen molar-refractivity contribution in [2.45, 2.75) is 19.4 Å². The van der Waals surface area contributed by atoms with Crippen LogP contribution in [0.2, 0.25) is 0 Å². The highest BCUT2D eigenvalue weighted by Crippen LogP contribution is 2.30. The Labute approximate surface area is 116 Å². The van der Waals surface area contributed by atoms with Crippen molar-refractivity contribution < 1.29 is 14.5 Å². The van der Waals surface area contributed by atoms with Gasteiger partial charge in [0.2, 0.25) is 0 Å². The molecule has 1 aromatic carbocycles. The number of carbonyl (C=O) groups is 1. The number of hydrogen-bond donors (Lipinski definition) is 3. The van der Waals surface area contributed by atoms with Crippen molar-refractivity contribution in [3.05, 3.63) is 41.7 Å². The Balaban J connectivity index is 1.87. The molecule has 102 valence electrons. The average Bonchev–Trinajstić information content (AvgIpc) is 2.97. The van der Waals surface area contributed by atoms with E-state index in [-0.39, 0.29) is 5.91 Å². The zero-order chi connectivity index (χ0) is 14.3. The molecule has 6 nitrogen and oxygen atoms in total. The molecule has 1 amide bonds. The van der Waals surface area contributed by atoms with Crippen molar-refractivity contribution in [1.82, 2.24) is 10.2 Å². The lowest BCUT2D eigenvalue weighted by molar-refractivity contribution is 0.101. The minimum absolute atomic E-state index is 0.258. The quantitative estimate of drug-likeness (QED) is 0.698. The van der Waals surface area contributed by atoms with E-state index in [9.17, 15) is 9.82 Å². The smallest absolute Gasteiger partial charge is 0.423 e. The summed E-state index contributed by atoms with van der Waals surface area (Å²) in [6, 6.07) is 5.38. The zero-order valence-electron chi connectivity index (χ0n) is 11.2. The Bertz CT molecular complexity index is 655. The summed E-state index contributed by atoms with van der Waals surface area (Å²) in [5.41, 5.74) is 2.13. The van der Waals surface area contributed by atoms with Crippen molar-refractivity contribution in [2.75, 3.05) is 5.32 Å². The van der Waals surface area contributed by atoms with E-state index in [0.717, 1.165) is 5.56 Å². The second-order valence-electron chi connectivity index (χ2n) is 5.22. The summed E-state index contributed by atoms with van der Waals surface area (Å²) in [6.45, 7) is 3.79. The van der Waals surface area contributed by atoms with Gasteiger partial charge in [-0.05, 0) is 37.0 Å². The number of nitrogens with zero attached hydrogens (tertiary/aromatic N) is 1. The lowest BCUT2D eigenvalue weighted by Gasteiger charge is -2.19. The van der Waals surface area contributed by atoms with Gasteiger partial charge in [-0.25, -0.2) is 0 Å². The number of nitrogens with one attached hydrogen (secondary N) is 2. The summed E-state index contributed by atoms with van der Waals surface area (Å²) >= 11 is 0. The molecule has 0 radical (unpaired) electrons. The highest BCUT2D eigenvalue weighted by molar-refractivity contribution is 6.62. The van der Waals surface area contributed by atoms with E-state index in [0.29, 0.717) is 16.7 Å². The third-order valence-corrected chi connectivity index (χ3v) is 3.39. The van der Waals surface area contributed by atoms with E-state index >= 15 is 0 Å². The maximum absolute atomic E-state index is 11.9. The lowest BCUT2D eigenvalue weighted by Crippen LogP contribution is -2.29. The fourth-order valence-electron chi connectivity index (χ4n) is 2.38. The van der Waals surface area contributed by atoms with Crippen LogP contribution in [-0.2, 0) is 10.3 Å². The molecule has 0 spiro atoms. The molecule has 20 heavy (non-hydrogen) atoms. The van der Waals surface area contributed by atoms with Crippen molar-refractivity contribution in [2.24, 2.45) is 0 Å². The molecule has 0 bridgehead atoms. The highest BCUT2D eigenvalue weighted by atomic mass is 16.5. The number of fused-ring (bicyclic) bond motifs is 1. The topological polar surface area (TPSA) is 87.2 Å². The predicted molar refractivity (Wildman–Crippen MR) is 74.7 cm³/mol. The Morgan fingerprint density at radius 2 is 2.30 bits per heavy atom. The Kier molecular flexibility index (Phi) is 2.88. The Hall–Kier alpha value is -2.12. The largest absolute Gasteiger partial charge is 0.492 e. The highest BCUT2D eigenvalue weighted by Gasteiger charge is 2.40. The number of H-pyrrole nitrogens is 1. The monoisotopic (exact) mass is 271 g/mol. The summed E-state index contributed by atoms with van der Waals surface area (Å²) in [7, 11) is -0.967. The molecule has 3 rings (SSSR count). The van der Waals surface area contributed by atoms with Gasteiger partial charge in [0, 0.05) is 11.9 Å². The van der Waals surface area contributed by atoms with Crippen LogP contribution in [0.25, 0.3) is 0 Å². The van der Waals surface area contributed by atoms with Crippen LogP contribution in [0, 0.1) is 0 Å². The SMILES string of the molecule is CC1(C)OB(O)c2cc(NC(=O)c3cn[nH]c3)ccc21. The van der Waals surface area contributed by atoms with Crippen molar-refractivity contribution >= 4 is 24.2 Å². The van der Waals surface area contributed by atoms with Gasteiger partial charge in [0.15, 0.2) is 0 Å². The number of carbonyl (C=O) groups excluding carboxylic acids is 1. The van der Waals surface area contributed by atoms with E-state index in [2.05, 4.69) is 15.5 Å². The molecule has 2 heterocycles. The van der Waals surface area contributed by atoms with Gasteiger partial charge in [-0.3, -0.25) is 9.89 Å². The number of aromatic nitrogens is 2. The predicted octanol–water partition coefficient (Wildman–Crippen LogP) is 0.615. The van der Waals surface area contributed by atoms with Crippen LogP contribution in [0.4, 0.5) is 5.69 Å². The van der Waals surface area contributed by atoms with Crippen molar-refractivity contribution in [3.8, 4) is 0 Å². The summed E-state index contributed by atoms with van der Waals surface area (Å²) in [5.74, 6) is -0.258. The number of amides is 1. The molecular formula is C13H14BN3O3. The number of aromatic amines is 1. The molecular weight excluding hydrogens is 257 g/mol. The first-order valence-electron chi connectivity index (χ1n) is 6.28. The molecule has 1 aromatic heterocycles. The minimum atomic E-state index is -0.967. The fraction of sp³-hybridized carbons (Fsp3) is 0.231. The molecule has 0 fully saturated rings. The molecule has 1 aliphatic rings. The van der Waals surface area contributed by atoms with Gasteiger partial charge in [0.05, 0.1) is 17.4 Å². The summed E-state index contributed by atoms with van der Waals surface area (Å²) in [4.78, 5) is 11.9. The molecule has 0 saturated heterocycles. The number of benzene rings is 1. The molecule has 7 heteroatoms. The molecule has 2 aromatic rings. The van der Waals surface area contributed by atoms with Crippen LogP contribution < -0.4 is 10.8 Å². The third kappa shape index (κ3) is 2.11. The van der Waals surface area contributed by atoms with Crippen molar-refractivity contribution in [1.29, 1.82) is 0 Å². The number of anilines is 1. The Morgan fingerprint density at radius 3 is 3.00 bits per heavy atom. The average molecular weight is 271 g/mol. The van der Waals surface area contributed by atoms with Gasteiger partial charge in [-0.15, -0.1) is 0 Å². The molecule has 3 N–H and O–H groups in total. The molecule has 0 saturated carbocycles. The molecule has 0 aliphatic carbocycles. The second kappa shape index (κ2) is 4.47. The number of rotatable bonds is 2. The van der Waals surface area contributed by atoms with Crippen LogP contribution in [0.5, 0.6) is 0 Å². The van der Waals surface area contributed by atoms with E-state index in [4.69, 9.17) is 4.65 Å². The van der Waals surface area contributed by atoms with Gasteiger partial charge in [0.1, 0.15) is 0 Å². The van der Waals surface area contributed by atoms with E-state index < -0.39 is 12.7 Å². The van der Waals surface area contributed by atoms with Gasteiger partial charge >= 0.3 is 7.12 Å². The van der Waals surface area contributed by atoms with Crippen LogP contribution >= 0.6 is 0 Å². The third-order valence-electron chi connectivity index (χ3n) is 3.39. The van der Waals surface area contributed by atoms with Crippen LogP contribution in [-0.4, -0.2) is 28.2 Å². The first-order chi connectivity index (χ1) is 9.47. The maximum Gasteiger partial charge on any atom is 0.492 e. The van der Waals surface area contributed by atoms with Gasteiger partial charge in [-0.2, -0.15) is 5.10 Å². The standard InChI is InChI=1S/C13H14BN3O3/c1-13(2)10-4-3-9(5-11(10)14(19)20-13)17-12(18)8-6-15-16-7-8/h3-7,19H,1-2H3,(H,15,16)(H,17,18). The zero-order valence-corrected chi connectivity index (χ0v) is 11.2. The molecule has 0 atom stereocenters. The van der Waals surface area contributed by atoms with Crippen LogP contribution in [0.15, 0.2) is 30.6 Å². The van der Waals surface area contributed by atoms with Crippen LogP contribution in [0.1, 0.15) is 29.8 Å². The summed E-state index contributed by atoms with van der Waals surface area (Å²) in [5, 5.41) is 19.0. The molecule has 0 unspecified atom stereocenters. The van der Waals surface area contributed by atoms with E-state index in [1.165, 1.54) is 12.4 Å². The summed E-state index contributed by atoms with van der Waals surface area (Å²) in [6.07, 6.45) is 2.97. The Morgan fingerprint density at radius 1 is 1.50 bits per heavy atom. The minimum Gasteiger partial charge on any atom is -0.423 e. The lowest BCUT2D eigenvalue weighted by atomic mass is 9.78. The summed E-state index contributed by atoms with van der Waals surface area (Å²) < 4.78 is 5.48. The maximum atomic E-state index is 11.9. The van der Waals surface area contributed by atoms with Gasteiger partial charge in [0.25, 0.3) is 5.91 Å². The van der Waals surface area contributed by atoms with Crippen LogP contribution in [0.3, 0.4) is 0 Å². The van der Waals surface area contributed by atoms with Crippen molar-refractivity contribution in [3.63, 3.8) is 0 Å². The second-order valence-corrected chi connectivity index (χ2v) is 5.22. The first-order valence-corrected chi connectivity index (χ1v) is 6.28. The van der Waals surface area contributed by atoms with E-state index in [1.54, 1.807) is 12.1 Å². The molecule has 1 aliphatic heterocycles. The van der Waals surface area contributed by atoms with Gasteiger partial charge in [-0.1, -0.05) is 6.07 Å². The van der Waals surface area contributed by atoms with E-state index in [1.807, 2.05) is 19.9 Å². The number of hydrogen-bond acceptors (Lipinski definition) is 4. The normalized spacial score (nSPS) is 16.1.